The smallest absolute Gasteiger partial charge is 0.267 e. The summed E-state index contributed by atoms with van der Waals surface area (Å²) >= 11 is 0. The Bertz CT molecular complexity index is 701. The van der Waals surface area contributed by atoms with Crippen molar-refractivity contribution in [1.82, 2.24) is 0 Å². The van der Waals surface area contributed by atoms with Gasteiger partial charge in [-0.25, -0.2) is 0 Å². The monoisotopic (exact) mass is 366 g/mol. The molecule has 0 saturated heterocycles. The number of nitrogens with two attached hydrogens (primary N) is 2. The van der Waals surface area contributed by atoms with Gasteiger partial charge in [0.15, 0.2) is 0 Å². The highest BCUT2D eigenvalue weighted by Gasteiger charge is 1.99. The van der Waals surface area contributed by atoms with Crippen LogP contribution in [0.3, 0.4) is 0 Å². The van der Waals surface area contributed by atoms with Crippen molar-refractivity contribution in [2.24, 2.45) is 11.5 Å². The number of rotatable bonds is 4. The fraction of sp³-hybridized carbons (Fsp3) is 0.125. The van der Waals surface area contributed by atoms with E-state index in [2.05, 4.69) is 0 Å². The standard InChI is InChI=1S/2C7H8N2.C2H6O4S/c2*8-7(9)6-4-2-1-3-5-6;3-1-2-7(4,5)6/h2*1-5H,(H3,8,9);3H,1-2H2,(H,4,5,6). The Morgan fingerprint density at radius 3 is 1.28 bits per heavy atom. The van der Waals surface area contributed by atoms with E-state index >= 15 is 0 Å². The molecule has 0 aliphatic carbocycles. The predicted octanol–water partition coefficient (Wildman–Crippen LogP) is 0.808. The Kier molecular flexibility index (Phi) is 10.4. The van der Waals surface area contributed by atoms with Gasteiger partial charge in [0, 0.05) is 11.1 Å². The van der Waals surface area contributed by atoms with E-state index < -0.39 is 22.5 Å². The third kappa shape index (κ3) is 12.4. The van der Waals surface area contributed by atoms with Gasteiger partial charge < -0.3 is 16.6 Å². The number of nitrogens with one attached hydrogen (secondary N) is 2. The molecule has 25 heavy (non-hydrogen) atoms. The molecule has 2 aromatic rings. The molecule has 0 saturated carbocycles. The molecule has 8 N–H and O–H groups in total. The van der Waals surface area contributed by atoms with Gasteiger partial charge in [0.05, 0.1) is 12.4 Å². The van der Waals surface area contributed by atoms with E-state index in [1.54, 1.807) is 0 Å². The van der Waals surface area contributed by atoms with Crippen LogP contribution in [0.1, 0.15) is 11.1 Å². The Hall–Kier alpha value is -2.75. The summed E-state index contributed by atoms with van der Waals surface area (Å²) in [6, 6.07) is 18.5. The van der Waals surface area contributed by atoms with Gasteiger partial charge in [-0.1, -0.05) is 60.7 Å². The molecule has 0 bridgehead atoms. The fourth-order valence-electron chi connectivity index (χ4n) is 1.35. The molecule has 8 nitrogen and oxygen atoms in total. The lowest BCUT2D eigenvalue weighted by molar-refractivity contribution is 0.315. The summed E-state index contributed by atoms with van der Waals surface area (Å²) in [6.07, 6.45) is 0. The highest BCUT2D eigenvalue weighted by molar-refractivity contribution is 7.85. The Balaban J connectivity index is 0.000000350. The summed E-state index contributed by atoms with van der Waals surface area (Å²) < 4.78 is 27.1. The number of benzene rings is 2. The zero-order chi connectivity index (χ0) is 19.3. The lowest BCUT2D eigenvalue weighted by atomic mass is 10.2. The molecule has 9 heteroatoms. The molecule has 0 atom stereocenters. The Morgan fingerprint density at radius 2 is 1.16 bits per heavy atom. The van der Waals surface area contributed by atoms with Crippen LogP contribution in [0.25, 0.3) is 0 Å². The molecular formula is C16H22N4O4S. The minimum atomic E-state index is -3.92. The lowest BCUT2D eigenvalue weighted by Gasteiger charge is -1.93. The van der Waals surface area contributed by atoms with E-state index in [1.165, 1.54) is 0 Å². The quantitative estimate of drug-likeness (QED) is 0.265. The normalized spacial score (nSPS) is 9.68. The minimum absolute atomic E-state index is 0.121. The van der Waals surface area contributed by atoms with Gasteiger partial charge in [0.2, 0.25) is 0 Å². The maximum absolute atomic E-state index is 9.63. The third-order valence-electron chi connectivity index (χ3n) is 2.52. The second-order valence-electron chi connectivity index (χ2n) is 4.57. The van der Waals surface area contributed by atoms with Crippen molar-refractivity contribution in [3.63, 3.8) is 0 Å². The summed E-state index contributed by atoms with van der Waals surface area (Å²) in [6.45, 7) is -0.529. The van der Waals surface area contributed by atoms with Gasteiger partial charge in [-0.3, -0.25) is 15.4 Å². The average molecular weight is 366 g/mol. The fourth-order valence-corrected chi connectivity index (χ4v) is 1.58. The van der Waals surface area contributed by atoms with Gasteiger partial charge in [-0.15, -0.1) is 0 Å². The Morgan fingerprint density at radius 1 is 0.840 bits per heavy atom. The van der Waals surface area contributed by atoms with Crippen molar-refractivity contribution in [3.05, 3.63) is 71.8 Å². The maximum Gasteiger partial charge on any atom is 0.267 e. The number of aliphatic hydroxyl groups is 1. The van der Waals surface area contributed by atoms with Gasteiger partial charge in [0.25, 0.3) is 10.1 Å². The second kappa shape index (κ2) is 11.7. The van der Waals surface area contributed by atoms with Gasteiger partial charge in [-0.05, 0) is 0 Å². The van der Waals surface area contributed by atoms with Gasteiger partial charge in [0.1, 0.15) is 11.7 Å². The zero-order valence-corrected chi connectivity index (χ0v) is 14.3. The van der Waals surface area contributed by atoms with Crippen LogP contribution in [0, 0.1) is 10.8 Å². The molecule has 0 aliphatic rings. The van der Waals surface area contributed by atoms with Crippen LogP contribution in [0.5, 0.6) is 0 Å². The van der Waals surface area contributed by atoms with Crippen LogP contribution in [-0.2, 0) is 10.1 Å². The van der Waals surface area contributed by atoms with E-state index in [4.69, 9.17) is 31.9 Å². The SMILES string of the molecule is N=C(N)c1ccccc1.N=C(N)c1ccccc1.O=S(=O)(O)CCO. The molecule has 0 spiro atoms. The molecule has 136 valence electrons. The van der Waals surface area contributed by atoms with E-state index in [1.807, 2.05) is 60.7 Å². The van der Waals surface area contributed by atoms with Crippen molar-refractivity contribution in [1.29, 1.82) is 10.8 Å². The first-order valence-electron chi connectivity index (χ1n) is 7.02. The van der Waals surface area contributed by atoms with Crippen molar-refractivity contribution in [2.45, 2.75) is 0 Å². The summed E-state index contributed by atoms with van der Waals surface area (Å²) in [5.41, 5.74) is 11.9. The van der Waals surface area contributed by atoms with Crippen LogP contribution < -0.4 is 11.5 Å². The first-order valence-corrected chi connectivity index (χ1v) is 8.63. The molecule has 0 radical (unpaired) electrons. The largest absolute Gasteiger partial charge is 0.395 e. The number of aliphatic hydroxyl groups excluding tert-OH is 1. The van der Waals surface area contributed by atoms with Crippen molar-refractivity contribution >= 4 is 21.8 Å². The number of amidine groups is 2. The topological polar surface area (TPSA) is 174 Å². The van der Waals surface area contributed by atoms with Crippen LogP contribution >= 0.6 is 0 Å². The molecule has 2 rings (SSSR count). The van der Waals surface area contributed by atoms with Crippen LogP contribution in [-0.4, -0.2) is 42.1 Å². The van der Waals surface area contributed by atoms with Gasteiger partial charge >= 0.3 is 0 Å². The first-order chi connectivity index (χ1) is 11.7. The van der Waals surface area contributed by atoms with Crippen LogP contribution in [0.4, 0.5) is 0 Å². The highest BCUT2D eigenvalue weighted by Crippen LogP contribution is 1.95. The zero-order valence-electron chi connectivity index (χ0n) is 13.5. The van der Waals surface area contributed by atoms with Crippen molar-refractivity contribution in [2.75, 3.05) is 12.4 Å². The first kappa shape index (κ1) is 22.2. The second-order valence-corrected chi connectivity index (χ2v) is 6.14. The minimum Gasteiger partial charge on any atom is -0.395 e. The maximum atomic E-state index is 9.63. The predicted molar refractivity (Wildman–Crippen MR) is 98.4 cm³/mol. The number of hydrogen-bond donors (Lipinski definition) is 6. The highest BCUT2D eigenvalue weighted by atomic mass is 32.2. The molecular weight excluding hydrogens is 344 g/mol. The van der Waals surface area contributed by atoms with Crippen molar-refractivity contribution in [3.8, 4) is 0 Å². The van der Waals surface area contributed by atoms with E-state index in [9.17, 15) is 8.42 Å². The summed E-state index contributed by atoms with van der Waals surface area (Å²) in [7, 11) is -3.92. The number of nitrogen functional groups attached to an aromatic ring is 2. The van der Waals surface area contributed by atoms with E-state index in [0.29, 0.717) is 0 Å². The number of hydrogen-bond acceptors (Lipinski definition) is 5. The Labute approximate surface area is 146 Å². The summed E-state index contributed by atoms with van der Waals surface area (Å²) in [4.78, 5) is 0. The van der Waals surface area contributed by atoms with E-state index in [-0.39, 0.29) is 11.7 Å². The summed E-state index contributed by atoms with van der Waals surface area (Å²) in [5.74, 6) is -0.335. The van der Waals surface area contributed by atoms with Crippen LogP contribution in [0.15, 0.2) is 60.7 Å². The van der Waals surface area contributed by atoms with Crippen LogP contribution in [0.2, 0.25) is 0 Å². The average Bonchev–Trinajstić information content (AvgIpc) is 2.56. The molecule has 0 amide bonds. The third-order valence-corrected chi connectivity index (χ3v) is 3.22. The molecule has 0 aromatic heterocycles. The molecule has 0 unspecified atom stereocenters. The lowest BCUT2D eigenvalue weighted by Crippen LogP contribution is -2.10. The van der Waals surface area contributed by atoms with Gasteiger partial charge in [-0.2, -0.15) is 8.42 Å². The molecule has 0 fully saturated rings. The molecule has 2 aromatic carbocycles. The van der Waals surface area contributed by atoms with Crippen molar-refractivity contribution < 1.29 is 18.1 Å². The summed E-state index contributed by atoms with van der Waals surface area (Å²) in [5, 5.41) is 21.9. The molecule has 0 heterocycles. The van der Waals surface area contributed by atoms with E-state index in [0.717, 1.165) is 11.1 Å². The molecule has 0 aliphatic heterocycles.